The van der Waals surface area contributed by atoms with E-state index in [1.54, 1.807) is 6.07 Å². The van der Waals surface area contributed by atoms with Crippen LogP contribution in [0.15, 0.2) is 18.2 Å². The van der Waals surface area contributed by atoms with Crippen LogP contribution in [0, 0.1) is 5.82 Å². The summed E-state index contributed by atoms with van der Waals surface area (Å²) < 4.78 is 18.7. The summed E-state index contributed by atoms with van der Waals surface area (Å²) in [7, 11) is 1.52. The Bertz CT molecular complexity index is 550. The number of hydrogen-bond acceptors (Lipinski definition) is 3. The van der Waals surface area contributed by atoms with Crippen molar-refractivity contribution in [3.63, 3.8) is 0 Å². The van der Waals surface area contributed by atoms with E-state index in [4.69, 9.17) is 9.84 Å². The molecule has 7 heteroatoms. The first-order chi connectivity index (χ1) is 9.95. The number of amides is 2. The molecule has 0 radical (unpaired) electrons. The Hall–Kier alpha value is -2.31. The number of ether oxygens (including phenoxy) is 1. The average molecular weight is 296 g/mol. The van der Waals surface area contributed by atoms with Crippen LogP contribution >= 0.6 is 0 Å². The SMILES string of the molecule is CN(CCC(=O)O)C(=O)NC1COc2ccc(F)cc2C1. The van der Waals surface area contributed by atoms with Crippen LogP contribution in [0.25, 0.3) is 0 Å². The molecule has 1 unspecified atom stereocenters. The van der Waals surface area contributed by atoms with Crippen LogP contribution in [0.2, 0.25) is 0 Å². The average Bonchev–Trinajstić information content (AvgIpc) is 2.44. The maximum absolute atomic E-state index is 13.2. The monoisotopic (exact) mass is 296 g/mol. The molecule has 21 heavy (non-hydrogen) atoms. The van der Waals surface area contributed by atoms with Crippen molar-refractivity contribution >= 4 is 12.0 Å². The quantitative estimate of drug-likeness (QED) is 0.876. The first-order valence-electron chi connectivity index (χ1n) is 6.60. The number of nitrogens with zero attached hydrogens (tertiary/aromatic N) is 1. The lowest BCUT2D eigenvalue weighted by atomic mass is 10.0. The smallest absolute Gasteiger partial charge is 0.317 e. The van der Waals surface area contributed by atoms with Gasteiger partial charge in [0, 0.05) is 13.6 Å². The third-order valence-corrected chi connectivity index (χ3v) is 3.26. The van der Waals surface area contributed by atoms with Gasteiger partial charge in [0.1, 0.15) is 18.2 Å². The fourth-order valence-corrected chi connectivity index (χ4v) is 2.11. The fraction of sp³-hybridized carbons (Fsp3) is 0.429. The number of carbonyl (C=O) groups excluding carboxylic acids is 1. The molecule has 0 spiro atoms. The van der Waals surface area contributed by atoms with Crippen molar-refractivity contribution in [1.82, 2.24) is 10.2 Å². The van der Waals surface area contributed by atoms with E-state index in [1.165, 1.54) is 24.1 Å². The number of hydrogen-bond donors (Lipinski definition) is 2. The van der Waals surface area contributed by atoms with Crippen molar-refractivity contribution in [2.24, 2.45) is 0 Å². The van der Waals surface area contributed by atoms with Crippen LogP contribution in [0.1, 0.15) is 12.0 Å². The highest BCUT2D eigenvalue weighted by atomic mass is 19.1. The maximum Gasteiger partial charge on any atom is 0.317 e. The predicted octanol–water partition coefficient (Wildman–Crippen LogP) is 1.25. The number of nitrogens with one attached hydrogen (secondary N) is 1. The largest absolute Gasteiger partial charge is 0.491 e. The molecule has 0 saturated heterocycles. The van der Waals surface area contributed by atoms with Crippen molar-refractivity contribution in [1.29, 1.82) is 0 Å². The van der Waals surface area contributed by atoms with E-state index in [0.29, 0.717) is 24.3 Å². The normalized spacial score (nSPS) is 16.6. The molecule has 0 fully saturated rings. The minimum atomic E-state index is -0.958. The molecule has 1 aromatic carbocycles. The van der Waals surface area contributed by atoms with Gasteiger partial charge in [-0.25, -0.2) is 9.18 Å². The molecular formula is C14H17FN2O4. The van der Waals surface area contributed by atoms with Crippen molar-refractivity contribution < 1.29 is 23.8 Å². The van der Waals surface area contributed by atoms with Crippen LogP contribution in [0.5, 0.6) is 5.75 Å². The third-order valence-electron chi connectivity index (χ3n) is 3.26. The standard InChI is InChI=1S/C14H17FN2O4/c1-17(5-4-13(18)19)14(20)16-11-7-9-6-10(15)2-3-12(9)21-8-11/h2-3,6,11H,4-5,7-8H2,1H3,(H,16,20)(H,18,19). The predicted molar refractivity (Wildman–Crippen MR) is 72.8 cm³/mol. The second kappa shape index (κ2) is 6.43. The van der Waals surface area contributed by atoms with Gasteiger partial charge >= 0.3 is 12.0 Å². The van der Waals surface area contributed by atoms with E-state index in [2.05, 4.69) is 5.32 Å². The molecular weight excluding hydrogens is 279 g/mol. The van der Waals surface area contributed by atoms with Gasteiger partial charge in [0.25, 0.3) is 0 Å². The minimum absolute atomic E-state index is 0.112. The second-order valence-corrected chi connectivity index (χ2v) is 4.98. The van der Waals surface area contributed by atoms with Gasteiger partial charge < -0.3 is 20.1 Å². The summed E-state index contributed by atoms with van der Waals surface area (Å²) in [6.45, 7) is 0.428. The van der Waals surface area contributed by atoms with Crippen LogP contribution < -0.4 is 10.1 Å². The summed E-state index contributed by atoms with van der Waals surface area (Å²) in [4.78, 5) is 23.7. The van der Waals surface area contributed by atoms with Gasteiger partial charge in [-0.3, -0.25) is 4.79 Å². The lowest BCUT2D eigenvalue weighted by molar-refractivity contribution is -0.137. The molecule has 0 bridgehead atoms. The Morgan fingerprint density at radius 1 is 1.52 bits per heavy atom. The first kappa shape index (κ1) is 15.1. The molecule has 1 aliphatic rings. The first-order valence-corrected chi connectivity index (χ1v) is 6.60. The molecule has 1 atom stereocenters. The van der Waals surface area contributed by atoms with Gasteiger partial charge in [-0.2, -0.15) is 0 Å². The highest BCUT2D eigenvalue weighted by Gasteiger charge is 2.23. The topological polar surface area (TPSA) is 78.9 Å². The molecule has 1 heterocycles. The van der Waals surface area contributed by atoms with Crippen LogP contribution in [-0.2, 0) is 11.2 Å². The molecule has 0 saturated carbocycles. The lowest BCUT2D eigenvalue weighted by Gasteiger charge is -2.28. The number of aliphatic carboxylic acids is 1. The summed E-state index contributed by atoms with van der Waals surface area (Å²) in [6.07, 6.45) is 0.366. The highest BCUT2D eigenvalue weighted by Crippen LogP contribution is 2.25. The zero-order chi connectivity index (χ0) is 15.4. The molecule has 114 valence electrons. The molecule has 1 aliphatic heterocycles. The van der Waals surface area contributed by atoms with Gasteiger partial charge in [0.2, 0.25) is 0 Å². The summed E-state index contributed by atoms with van der Waals surface area (Å²) in [5, 5.41) is 11.3. The van der Waals surface area contributed by atoms with E-state index >= 15 is 0 Å². The van der Waals surface area contributed by atoms with Gasteiger partial charge in [0.05, 0.1) is 12.5 Å². The molecule has 0 aliphatic carbocycles. The number of carboxylic acid groups (broad SMARTS) is 1. The Kier molecular flexibility index (Phi) is 4.62. The van der Waals surface area contributed by atoms with Crippen LogP contribution in [0.3, 0.4) is 0 Å². The Balaban J connectivity index is 1.89. The van der Waals surface area contributed by atoms with Gasteiger partial charge in [-0.1, -0.05) is 0 Å². The number of benzene rings is 1. The van der Waals surface area contributed by atoms with E-state index < -0.39 is 5.97 Å². The Morgan fingerprint density at radius 2 is 2.29 bits per heavy atom. The van der Waals surface area contributed by atoms with Crippen molar-refractivity contribution in [3.05, 3.63) is 29.6 Å². The van der Waals surface area contributed by atoms with E-state index in [0.717, 1.165) is 0 Å². The summed E-state index contributed by atoms with van der Waals surface area (Å²) in [6, 6.07) is 3.66. The third kappa shape index (κ3) is 4.08. The highest BCUT2D eigenvalue weighted by molar-refractivity contribution is 5.75. The lowest BCUT2D eigenvalue weighted by Crippen LogP contribution is -2.48. The molecule has 6 nitrogen and oxygen atoms in total. The molecule has 2 N–H and O–H groups in total. The number of carboxylic acids is 1. The maximum atomic E-state index is 13.2. The Morgan fingerprint density at radius 3 is 3.00 bits per heavy atom. The van der Waals surface area contributed by atoms with Crippen molar-refractivity contribution in [2.75, 3.05) is 20.2 Å². The molecule has 2 rings (SSSR count). The van der Waals surface area contributed by atoms with E-state index in [-0.39, 0.29) is 30.9 Å². The molecule has 0 aromatic heterocycles. The number of halogens is 1. The minimum Gasteiger partial charge on any atom is -0.491 e. The van der Waals surface area contributed by atoms with E-state index in [9.17, 15) is 14.0 Å². The Labute approximate surface area is 121 Å². The zero-order valence-electron chi connectivity index (χ0n) is 11.6. The van der Waals surface area contributed by atoms with Crippen molar-refractivity contribution in [2.45, 2.75) is 18.9 Å². The summed E-state index contributed by atoms with van der Waals surface area (Å²) in [5.74, 6) is -0.677. The molecule has 2 amide bonds. The zero-order valence-corrected chi connectivity index (χ0v) is 11.6. The number of carbonyl (C=O) groups is 2. The molecule has 1 aromatic rings. The van der Waals surface area contributed by atoms with E-state index in [1.807, 2.05) is 0 Å². The second-order valence-electron chi connectivity index (χ2n) is 4.98. The van der Waals surface area contributed by atoms with Crippen LogP contribution in [-0.4, -0.2) is 48.2 Å². The van der Waals surface area contributed by atoms with Crippen LogP contribution in [0.4, 0.5) is 9.18 Å². The number of fused-ring (bicyclic) bond motifs is 1. The summed E-state index contributed by atoms with van der Waals surface area (Å²) >= 11 is 0. The van der Waals surface area contributed by atoms with Crippen molar-refractivity contribution in [3.8, 4) is 5.75 Å². The van der Waals surface area contributed by atoms with Gasteiger partial charge in [-0.05, 0) is 30.2 Å². The number of rotatable bonds is 4. The summed E-state index contributed by atoms with van der Waals surface area (Å²) in [5.41, 5.74) is 0.708. The number of urea groups is 1. The van der Waals surface area contributed by atoms with Gasteiger partial charge in [0.15, 0.2) is 0 Å². The fourth-order valence-electron chi connectivity index (χ4n) is 2.11. The van der Waals surface area contributed by atoms with Gasteiger partial charge in [-0.15, -0.1) is 0 Å².